The molecule has 0 unspecified atom stereocenters. The first kappa shape index (κ1) is 22.5. The Morgan fingerprint density at radius 1 is 1.26 bits per heavy atom. The van der Waals surface area contributed by atoms with E-state index in [0.29, 0.717) is 29.8 Å². The van der Waals surface area contributed by atoms with Gasteiger partial charge in [0.25, 0.3) is 0 Å². The zero-order chi connectivity index (χ0) is 19.6. The van der Waals surface area contributed by atoms with Gasteiger partial charge in [-0.1, -0.05) is 26.2 Å². The Kier molecular flexibility index (Phi) is 9.94. The Hall–Kier alpha value is -0.780. The molecule has 2 rings (SSSR count). The number of anilines is 1. The summed E-state index contributed by atoms with van der Waals surface area (Å²) in [6.07, 6.45) is 9.20. The maximum atomic E-state index is 12.4. The molecule has 152 valence electrons. The number of nitrogens with two attached hydrogens (primary N) is 1. The van der Waals surface area contributed by atoms with Crippen molar-refractivity contribution in [3.63, 3.8) is 0 Å². The van der Waals surface area contributed by atoms with Gasteiger partial charge < -0.3 is 10.5 Å². The summed E-state index contributed by atoms with van der Waals surface area (Å²) in [6.45, 7) is 4.37. The van der Waals surface area contributed by atoms with Gasteiger partial charge in [0.1, 0.15) is 0 Å². The molecule has 27 heavy (non-hydrogen) atoms. The summed E-state index contributed by atoms with van der Waals surface area (Å²) < 4.78 is 6.17. The molecular formula is C21H32BrClN2O2. The summed E-state index contributed by atoms with van der Waals surface area (Å²) in [5, 5.41) is 0. The van der Waals surface area contributed by atoms with E-state index in [9.17, 15) is 4.79 Å². The van der Waals surface area contributed by atoms with Crippen molar-refractivity contribution in [1.29, 1.82) is 0 Å². The number of hydrogen-bond donors (Lipinski definition) is 1. The maximum Gasteiger partial charge on any atom is 0.338 e. The van der Waals surface area contributed by atoms with E-state index in [4.69, 9.17) is 22.1 Å². The predicted molar refractivity (Wildman–Crippen MR) is 116 cm³/mol. The van der Waals surface area contributed by atoms with Gasteiger partial charge in [0.05, 0.1) is 17.9 Å². The van der Waals surface area contributed by atoms with Crippen molar-refractivity contribution < 1.29 is 9.53 Å². The van der Waals surface area contributed by atoms with Crippen LogP contribution in [0.5, 0.6) is 0 Å². The van der Waals surface area contributed by atoms with Crippen LogP contribution in [-0.2, 0) is 11.3 Å². The van der Waals surface area contributed by atoms with E-state index in [-0.39, 0.29) is 5.97 Å². The largest absolute Gasteiger partial charge is 0.462 e. The number of carbonyl (C=O) groups is 1. The van der Waals surface area contributed by atoms with Crippen molar-refractivity contribution in [2.45, 2.75) is 70.9 Å². The lowest BCUT2D eigenvalue weighted by Crippen LogP contribution is -2.36. The quantitative estimate of drug-likeness (QED) is 0.209. The third-order valence-corrected chi connectivity index (χ3v) is 6.26. The molecule has 0 aromatic heterocycles. The molecule has 2 N–H and O–H groups in total. The third kappa shape index (κ3) is 6.95. The number of nitrogens with zero attached hydrogens (tertiary/aromatic N) is 1. The monoisotopic (exact) mass is 458 g/mol. The summed E-state index contributed by atoms with van der Waals surface area (Å²) in [5.74, 6) is 0.362. The normalized spacial score (nSPS) is 15.3. The van der Waals surface area contributed by atoms with Crippen molar-refractivity contribution in [2.24, 2.45) is 0 Å². The number of benzene rings is 1. The highest BCUT2D eigenvalue weighted by Crippen LogP contribution is 2.30. The van der Waals surface area contributed by atoms with E-state index in [1.165, 1.54) is 32.1 Å². The molecule has 4 nitrogen and oxygen atoms in total. The fourth-order valence-corrected chi connectivity index (χ4v) is 4.40. The molecule has 6 heteroatoms. The van der Waals surface area contributed by atoms with Gasteiger partial charge in [-0.2, -0.15) is 0 Å². The number of rotatable bonds is 10. The molecule has 1 aliphatic carbocycles. The standard InChI is InChI=1S/C21H32BrClN2O2/c1-2-25(18-9-5-3-6-10-18)15-17-13-16(14-19(22)20(17)24)21(26)27-12-8-4-7-11-23/h13-14,18H,2-12,15,24H2,1H3. The second-order valence-corrected chi connectivity index (χ2v) is 8.50. The van der Waals surface area contributed by atoms with Gasteiger partial charge in [-0.05, 0) is 72.3 Å². The van der Waals surface area contributed by atoms with Gasteiger partial charge in [0.2, 0.25) is 0 Å². The molecule has 1 aromatic rings. The van der Waals surface area contributed by atoms with Crippen molar-refractivity contribution in [3.05, 3.63) is 27.7 Å². The van der Waals surface area contributed by atoms with Gasteiger partial charge in [-0.15, -0.1) is 11.6 Å². The SMILES string of the molecule is CCN(Cc1cc(C(=O)OCCCCCCl)cc(Br)c1N)C1CCCCC1. The Bertz CT molecular complexity index is 606. The van der Waals surface area contributed by atoms with Crippen LogP contribution in [0.15, 0.2) is 16.6 Å². The fourth-order valence-electron chi connectivity index (χ4n) is 3.71. The topological polar surface area (TPSA) is 55.6 Å². The van der Waals surface area contributed by atoms with Gasteiger partial charge in [-0.3, -0.25) is 4.90 Å². The number of ether oxygens (including phenoxy) is 1. The lowest BCUT2D eigenvalue weighted by Gasteiger charge is -2.34. The van der Waals surface area contributed by atoms with E-state index < -0.39 is 0 Å². The Morgan fingerprint density at radius 3 is 2.67 bits per heavy atom. The molecule has 0 atom stereocenters. The van der Waals surface area contributed by atoms with Crippen molar-refractivity contribution in [3.8, 4) is 0 Å². The first-order valence-electron chi connectivity index (χ1n) is 10.1. The predicted octanol–water partition coefficient (Wildman–Crippen LogP) is 5.75. The van der Waals surface area contributed by atoms with Crippen molar-refractivity contribution in [1.82, 2.24) is 4.90 Å². The smallest absolute Gasteiger partial charge is 0.338 e. The molecule has 1 aliphatic rings. The summed E-state index contributed by atoms with van der Waals surface area (Å²) in [4.78, 5) is 14.9. The highest BCUT2D eigenvalue weighted by molar-refractivity contribution is 9.10. The number of alkyl halides is 1. The lowest BCUT2D eigenvalue weighted by atomic mass is 9.93. The first-order chi connectivity index (χ1) is 13.1. The number of unbranched alkanes of at least 4 members (excludes halogenated alkanes) is 2. The molecule has 0 bridgehead atoms. The molecule has 0 saturated heterocycles. The molecule has 1 aromatic carbocycles. The van der Waals surface area contributed by atoms with Crippen molar-refractivity contribution >= 4 is 39.2 Å². The van der Waals surface area contributed by atoms with Crippen molar-refractivity contribution in [2.75, 3.05) is 24.8 Å². The fraction of sp³-hybridized carbons (Fsp3) is 0.667. The van der Waals surface area contributed by atoms with Gasteiger partial charge in [-0.25, -0.2) is 4.79 Å². The van der Waals surface area contributed by atoms with Crippen LogP contribution >= 0.6 is 27.5 Å². The Morgan fingerprint density at radius 2 is 2.00 bits per heavy atom. The van der Waals surface area contributed by atoms with Crippen LogP contribution in [0, 0.1) is 0 Å². The minimum atomic E-state index is -0.288. The van der Waals surface area contributed by atoms with Crippen LogP contribution in [0.4, 0.5) is 5.69 Å². The van der Waals surface area contributed by atoms with E-state index in [1.807, 2.05) is 6.07 Å². The van der Waals surface area contributed by atoms with E-state index in [2.05, 4.69) is 27.8 Å². The third-order valence-electron chi connectivity index (χ3n) is 5.33. The summed E-state index contributed by atoms with van der Waals surface area (Å²) in [7, 11) is 0. The molecule has 1 fully saturated rings. The second kappa shape index (κ2) is 11.9. The van der Waals surface area contributed by atoms with Gasteiger partial charge in [0, 0.05) is 22.9 Å². The number of esters is 1. The average Bonchev–Trinajstić information content (AvgIpc) is 2.69. The summed E-state index contributed by atoms with van der Waals surface area (Å²) in [5.41, 5.74) is 8.56. The molecule has 0 radical (unpaired) electrons. The Balaban J connectivity index is 2.04. The van der Waals surface area contributed by atoms with Crippen LogP contribution < -0.4 is 5.73 Å². The van der Waals surface area contributed by atoms with E-state index in [1.54, 1.807) is 6.07 Å². The highest BCUT2D eigenvalue weighted by atomic mass is 79.9. The van der Waals surface area contributed by atoms with Gasteiger partial charge in [0.15, 0.2) is 0 Å². The zero-order valence-electron chi connectivity index (χ0n) is 16.3. The minimum absolute atomic E-state index is 0.288. The van der Waals surface area contributed by atoms with Gasteiger partial charge >= 0.3 is 5.97 Å². The molecule has 0 spiro atoms. The molecule has 0 heterocycles. The van der Waals surface area contributed by atoms with E-state index >= 15 is 0 Å². The second-order valence-electron chi connectivity index (χ2n) is 7.27. The molecular weight excluding hydrogens is 428 g/mol. The molecule has 1 saturated carbocycles. The number of carbonyl (C=O) groups excluding carboxylic acids is 1. The number of nitrogen functional groups attached to an aromatic ring is 1. The molecule has 0 aliphatic heterocycles. The number of halogens is 2. The molecule has 0 amide bonds. The van der Waals surface area contributed by atoms with E-state index in [0.717, 1.165) is 42.4 Å². The van der Waals surface area contributed by atoms with Crippen LogP contribution in [0.25, 0.3) is 0 Å². The minimum Gasteiger partial charge on any atom is -0.462 e. The zero-order valence-corrected chi connectivity index (χ0v) is 18.7. The average molecular weight is 460 g/mol. The highest BCUT2D eigenvalue weighted by Gasteiger charge is 2.22. The van der Waals surface area contributed by atoms with Crippen LogP contribution in [-0.4, -0.2) is 35.9 Å². The Labute approximate surface area is 176 Å². The number of hydrogen-bond acceptors (Lipinski definition) is 4. The summed E-state index contributed by atoms with van der Waals surface area (Å²) >= 11 is 9.18. The van der Waals surface area contributed by atoms with Crippen LogP contribution in [0.3, 0.4) is 0 Å². The first-order valence-corrected chi connectivity index (χ1v) is 11.4. The summed E-state index contributed by atoms with van der Waals surface area (Å²) in [6, 6.07) is 4.27. The van der Waals surface area contributed by atoms with Crippen LogP contribution in [0.2, 0.25) is 0 Å². The maximum absolute atomic E-state index is 12.4. The lowest BCUT2D eigenvalue weighted by molar-refractivity contribution is 0.0498. The van der Waals surface area contributed by atoms with Crippen LogP contribution in [0.1, 0.15) is 74.2 Å².